The SMILES string of the molecule is Cc1nc(-c2cncc(Br)c2)c(N)n1CC(C)C. The van der Waals surface area contributed by atoms with Gasteiger partial charge in [0.25, 0.3) is 0 Å². The van der Waals surface area contributed by atoms with Crippen molar-refractivity contribution < 1.29 is 0 Å². The van der Waals surface area contributed by atoms with Gasteiger partial charge in [-0.05, 0) is 34.8 Å². The summed E-state index contributed by atoms with van der Waals surface area (Å²) in [4.78, 5) is 8.70. The van der Waals surface area contributed by atoms with E-state index < -0.39 is 0 Å². The first-order valence-electron chi connectivity index (χ1n) is 5.92. The lowest BCUT2D eigenvalue weighted by Gasteiger charge is -2.10. The maximum Gasteiger partial charge on any atom is 0.131 e. The summed E-state index contributed by atoms with van der Waals surface area (Å²) in [5.41, 5.74) is 7.94. The molecule has 0 saturated carbocycles. The van der Waals surface area contributed by atoms with Gasteiger partial charge in [-0.3, -0.25) is 4.98 Å². The molecule has 5 heteroatoms. The molecule has 18 heavy (non-hydrogen) atoms. The Morgan fingerprint density at radius 3 is 2.72 bits per heavy atom. The fraction of sp³-hybridized carbons (Fsp3) is 0.385. The van der Waals surface area contributed by atoms with Crippen LogP contribution >= 0.6 is 15.9 Å². The maximum atomic E-state index is 6.19. The predicted octanol–water partition coefficient (Wildman–Crippen LogP) is 3.25. The summed E-state index contributed by atoms with van der Waals surface area (Å²) in [5.74, 6) is 2.19. The molecule has 0 atom stereocenters. The Bertz CT molecular complexity index is 560. The summed E-state index contributed by atoms with van der Waals surface area (Å²) in [5, 5.41) is 0. The van der Waals surface area contributed by atoms with Crippen LogP contribution in [0, 0.1) is 12.8 Å². The van der Waals surface area contributed by atoms with Crippen molar-refractivity contribution in [1.82, 2.24) is 14.5 Å². The maximum absolute atomic E-state index is 6.19. The highest BCUT2D eigenvalue weighted by molar-refractivity contribution is 9.10. The number of nitrogens with two attached hydrogens (primary N) is 1. The van der Waals surface area contributed by atoms with Crippen molar-refractivity contribution in [3.8, 4) is 11.3 Å². The van der Waals surface area contributed by atoms with Gasteiger partial charge in [0.15, 0.2) is 0 Å². The molecule has 2 heterocycles. The van der Waals surface area contributed by atoms with E-state index in [1.165, 1.54) is 0 Å². The van der Waals surface area contributed by atoms with Crippen LogP contribution in [0.2, 0.25) is 0 Å². The highest BCUT2D eigenvalue weighted by Crippen LogP contribution is 2.27. The molecular weight excluding hydrogens is 292 g/mol. The van der Waals surface area contributed by atoms with Crippen LogP contribution in [0.5, 0.6) is 0 Å². The topological polar surface area (TPSA) is 56.7 Å². The standard InChI is InChI=1S/C13H17BrN4/c1-8(2)7-18-9(3)17-12(13(18)15)10-4-11(14)6-16-5-10/h4-6,8H,7,15H2,1-3H3. The fourth-order valence-electron chi connectivity index (χ4n) is 1.93. The highest BCUT2D eigenvalue weighted by atomic mass is 79.9. The number of aromatic nitrogens is 3. The Kier molecular flexibility index (Phi) is 3.71. The minimum Gasteiger partial charge on any atom is -0.383 e. The molecule has 2 rings (SSSR count). The van der Waals surface area contributed by atoms with E-state index in [0.717, 1.165) is 28.1 Å². The van der Waals surface area contributed by atoms with E-state index in [9.17, 15) is 0 Å². The van der Waals surface area contributed by atoms with Crippen molar-refractivity contribution in [3.05, 3.63) is 28.8 Å². The third kappa shape index (κ3) is 2.56. The number of imidazole rings is 1. The van der Waals surface area contributed by atoms with Gasteiger partial charge >= 0.3 is 0 Å². The van der Waals surface area contributed by atoms with Gasteiger partial charge in [-0.1, -0.05) is 13.8 Å². The van der Waals surface area contributed by atoms with Gasteiger partial charge in [-0.25, -0.2) is 4.98 Å². The third-order valence-corrected chi connectivity index (χ3v) is 3.16. The molecule has 0 spiro atoms. The van der Waals surface area contributed by atoms with Crippen LogP contribution in [-0.4, -0.2) is 14.5 Å². The molecule has 2 N–H and O–H groups in total. The molecule has 2 aromatic heterocycles. The minimum atomic E-state index is 0.536. The summed E-state index contributed by atoms with van der Waals surface area (Å²) >= 11 is 3.41. The normalized spacial score (nSPS) is 11.2. The van der Waals surface area contributed by atoms with Gasteiger partial charge < -0.3 is 10.3 Å². The van der Waals surface area contributed by atoms with E-state index in [4.69, 9.17) is 5.73 Å². The monoisotopic (exact) mass is 308 g/mol. The number of nitrogens with zero attached hydrogens (tertiary/aromatic N) is 3. The lowest BCUT2D eigenvalue weighted by molar-refractivity contribution is 0.518. The van der Waals surface area contributed by atoms with Crippen molar-refractivity contribution in [2.45, 2.75) is 27.3 Å². The van der Waals surface area contributed by atoms with E-state index in [2.05, 4.69) is 44.3 Å². The first-order chi connectivity index (χ1) is 8.49. The number of anilines is 1. The van der Waals surface area contributed by atoms with Crippen LogP contribution in [-0.2, 0) is 6.54 Å². The van der Waals surface area contributed by atoms with Crippen LogP contribution in [0.15, 0.2) is 22.9 Å². The second kappa shape index (κ2) is 5.10. The van der Waals surface area contributed by atoms with Crippen LogP contribution in [0.4, 0.5) is 5.82 Å². The zero-order valence-corrected chi connectivity index (χ0v) is 12.4. The fourth-order valence-corrected chi connectivity index (χ4v) is 2.30. The van der Waals surface area contributed by atoms with Gasteiger partial charge in [0.1, 0.15) is 17.3 Å². The first kappa shape index (κ1) is 13.1. The zero-order valence-electron chi connectivity index (χ0n) is 10.8. The summed E-state index contributed by atoms with van der Waals surface area (Å²) in [6.07, 6.45) is 3.53. The molecule has 0 bridgehead atoms. The van der Waals surface area contributed by atoms with E-state index >= 15 is 0 Å². The Labute approximate surface area is 115 Å². The average Bonchev–Trinajstić information content (AvgIpc) is 2.56. The quantitative estimate of drug-likeness (QED) is 0.947. The van der Waals surface area contributed by atoms with Gasteiger partial charge in [0, 0.05) is 29.0 Å². The third-order valence-electron chi connectivity index (χ3n) is 2.72. The number of hydrogen-bond acceptors (Lipinski definition) is 3. The molecule has 0 amide bonds. The number of aryl methyl sites for hydroxylation is 1. The van der Waals surface area contributed by atoms with E-state index in [-0.39, 0.29) is 0 Å². The molecule has 4 nitrogen and oxygen atoms in total. The highest BCUT2D eigenvalue weighted by Gasteiger charge is 2.14. The van der Waals surface area contributed by atoms with E-state index in [1.807, 2.05) is 13.0 Å². The average molecular weight is 309 g/mol. The summed E-state index contributed by atoms with van der Waals surface area (Å²) in [6.45, 7) is 7.19. The number of nitrogen functional groups attached to an aromatic ring is 1. The van der Waals surface area contributed by atoms with Crippen LogP contribution in [0.1, 0.15) is 19.7 Å². The molecular formula is C13H17BrN4. The molecule has 0 aliphatic rings. The van der Waals surface area contributed by atoms with Crippen LogP contribution in [0.3, 0.4) is 0 Å². The molecule has 96 valence electrons. The lowest BCUT2D eigenvalue weighted by atomic mass is 10.2. The van der Waals surface area contributed by atoms with Crippen molar-refractivity contribution in [2.24, 2.45) is 5.92 Å². The molecule has 0 radical (unpaired) electrons. The second-order valence-corrected chi connectivity index (χ2v) is 5.70. The minimum absolute atomic E-state index is 0.536. The molecule has 0 fully saturated rings. The van der Waals surface area contributed by atoms with E-state index in [1.54, 1.807) is 12.4 Å². The Morgan fingerprint density at radius 1 is 1.39 bits per heavy atom. The van der Waals surface area contributed by atoms with Gasteiger partial charge in [-0.15, -0.1) is 0 Å². The summed E-state index contributed by atoms with van der Waals surface area (Å²) in [7, 11) is 0. The smallest absolute Gasteiger partial charge is 0.131 e. The molecule has 0 aliphatic heterocycles. The predicted molar refractivity (Wildman–Crippen MR) is 77.1 cm³/mol. The van der Waals surface area contributed by atoms with Gasteiger partial charge in [-0.2, -0.15) is 0 Å². The molecule has 0 aliphatic carbocycles. The van der Waals surface area contributed by atoms with Gasteiger partial charge in [0.05, 0.1) is 0 Å². The van der Waals surface area contributed by atoms with Crippen molar-refractivity contribution in [1.29, 1.82) is 0 Å². The summed E-state index contributed by atoms with van der Waals surface area (Å²) in [6, 6.07) is 1.98. The molecule has 0 aromatic carbocycles. The van der Waals surface area contributed by atoms with Crippen LogP contribution in [0.25, 0.3) is 11.3 Å². The van der Waals surface area contributed by atoms with Crippen molar-refractivity contribution in [2.75, 3.05) is 5.73 Å². The molecule has 2 aromatic rings. The van der Waals surface area contributed by atoms with Crippen molar-refractivity contribution in [3.63, 3.8) is 0 Å². The Balaban J connectivity index is 2.47. The lowest BCUT2D eigenvalue weighted by Crippen LogP contribution is -2.09. The number of pyridine rings is 1. The van der Waals surface area contributed by atoms with Gasteiger partial charge in [0.2, 0.25) is 0 Å². The molecule has 0 unspecified atom stereocenters. The number of rotatable bonds is 3. The zero-order chi connectivity index (χ0) is 13.3. The first-order valence-corrected chi connectivity index (χ1v) is 6.72. The Hall–Kier alpha value is -1.36. The molecule has 0 saturated heterocycles. The largest absolute Gasteiger partial charge is 0.383 e. The second-order valence-electron chi connectivity index (χ2n) is 4.79. The van der Waals surface area contributed by atoms with Crippen molar-refractivity contribution >= 4 is 21.7 Å². The van der Waals surface area contributed by atoms with Crippen LogP contribution < -0.4 is 5.73 Å². The van der Waals surface area contributed by atoms with E-state index in [0.29, 0.717) is 11.7 Å². The Morgan fingerprint density at radius 2 is 2.11 bits per heavy atom. The number of hydrogen-bond donors (Lipinski definition) is 1. The summed E-state index contributed by atoms with van der Waals surface area (Å²) < 4.78 is 2.98. The number of halogens is 1.